The van der Waals surface area contributed by atoms with E-state index in [0.29, 0.717) is 0 Å². The van der Waals surface area contributed by atoms with Crippen molar-refractivity contribution in [2.45, 2.75) is 12.7 Å². The lowest BCUT2D eigenvalue weighted by Crippen LogP contribution is -2.20. The van der Waals surface area contributed by atoms with Gasteiger partial charge in [0.25, 0.3) is 0 Å². The largest absolute Gasteiger partial charge is 0.451 e. The van der Waals surface area contributed by atoms with Crippen molar-refractivity contribution < 1.29 is 18.3 Å². The van der Waals surface area contributed by atoms with Crippen LogP contribution in [-0.4, -0.2) is 37.1 Å². The summed E-state index contributed by atoms with van der Waals surface area (Å²) >= 11 is 0. The summed E-state index contributed by atoms with van der Waals surface area (Å²) < 4.78 is 39.2. The molecule has 2 aromatic rings. The molecule has 0 saturated heterocycles. The number of aliphatic hydroxyl groups excluding tert-OH is 1. The van der Waals surface area contributed by atoms with Crippen molar-refractivity contribution in [2.75, 3.05) is 6.61 Å². The van der Waals surface area contributed by atoms with Gasteiger partial charge in [0.15, 0.2) is 5.65 Å². The highest BCUT2D eigenvalue weighted by atomic mass is 19.4. The van der Waals surface area contributed by atoms with E-state index in [1.165, 1.54) is 10.9 Å². The van der Waals surface area contributed by atoms with Crippen LogP contribution in [0.3, 0.4) is 0 Å². The van der Waals surface area contributed by atoms with Crippen LogP contribution in [0.2, 0.25) is 0 Å². The second-order valence-electron chi connectivity index (χ2n) is 3.64. The SMILES string of the molecule is N=C(N)c1nc(C(F)(F)F)nc2c1ncn2CCO. The first-order valence-corrected chi connectivity index (χ1v) is 5.10. The van der Waals surface area contributed by atoms with Crippen molar-refractivity contribution in [1.82, 2.24) is 19.5 Å². The number of hydrogen-bond donors (Lipinski definition) is 3. The van der Waals surface area contributed by atoms with Gasteiger partial charge in [0, 0.05) is 6.54 Å². The van der Waals surface area contributed by atoms with E-state index in [2.05, 4.69) is 15.0 Å². The van der Waals surface area contributed by atoms with E-state index in [1.54, 1.807) is 0 Å². The van der Waals surface area contributed by atoms with Crippen LogP contribution in [0, 0.1) is 5.41 Å². The van der Waals surface area contributed by atoms with Gasteiger partial charge in [-0.15, -0.1) is 0 Å². The molecule has 102 valence electrons. The third kappa shape index (κ3) is 2.34. The van der Waals surface area contributed by atoms with Gasteiger partial charge in [-0.05, 0) is 0 Å². The molecule has 0 aliphatic heterocycles. The number of nitrogen functional groups attached to an aromatic ring is 1. The minimum absolute atomic E-state index is 0.00560. The number of imidazole rings is 1. The summed E-state index contributed by atoms with van der Waals surface area (Å²) in [6, 6.07) is 0. The summed E-state index contributed by atoms with van der Waals surface area (Å²) in [4.78, 5) is 10.4. The molecule has 19 heavy (non-hydrogen) atoms. The molecule has 0 atom stereocenters. The summed E-state index contributed by atoms with van der Waals surface area (Å²) in [6.07, 6.45) is -3.55. The Hall–Kier alpha value is -2.23. The Morgan fingerprint density at radius 3 is 2.63 bits per heavy atom. The van der Waals surface area contributed by atoms with Gasteiger partial charge >= 0.3 is 6.18 Å². The first-order valence-electron chi connectivity index (χ1n) is 5.10. The molecule has 0 aliphatic rings. The first kappa shape index (κ1) is 13.2. The van der Waals surface area contributed by atoms with Crippen molar-refractivity contribution in [3.8, 4) is 0 Å². The molecule has 0 amide bonds. The minimum Gasteiger partial charge on any atom is -0.395 e. The van der Waals surface area contributed by atoms with Crippen molar-refractivity contribution in [3.05, 3.63) is 17.8 Å². The van der Waals surface area contributed by atoms with Gasteiger partial charge < -0.3 is 15.4 Å². The number of aliphatic hydroxyl groups is 1. The van der Waals surface area contributed by atoms with Crippen LogP contribution >= 0.6 is 0 Å². The second kappa shape index (κ2) is 4.46. The maximum Gasteiger partial charge on any atom is 0.451 e. The van der Waals surface area contributed by atoms with E-state index in [9.17, 15) is 13.2 Å². The van der Waals surface area contributed by atoms with Crippen LogP contribution in [0.15, 0.2) is 6.33 Å². The lowest BCUT2D eigenvalue weighted by molar-refractivity contribution is -0.144. The topological polar surface area (TPSA) is 114 Å². The molecule has 0 bridgehead atoms. The normalized spacial score (nSPS) is 12.0. The lowest BCUT2D eigenvalue weighted by atomic mass is 10.3. The molecule has 0 radical (unpaired) electrons. The summed E-state index contributed by atoms with van der Waals surface area (Å²) in [7, 11) is 0. The Balaban J connectivity index is 2.75. The van der Waals surface area contributed by atoms with Crippen LogP contribution in [0.25, 0.3) is 11.2 Å². The van der Waals surface area contributed by atoms with Gasteiger partial charge in [0.05, 0.1) is 12.9 Å². The third-order valence-electron chi connectivity index (χ3n) is 2.31. The van der Waals surface area contributed by atoms with Gasteiger partial charge in [0.2, 0.25) is 5.82 Å². The highest BCUT2D eigenvalue weighted by Crippen LogP contribution is 2.28. The van der Waals surface area contributed by atoms with Crippen LogP contribution in [0.1, 0.15) is 11.5 Å². The van der Waals surface area contributed by atoms with Gasteiger partial charge in [-0.25, -0.2) is 15.0 Å². The molecule has 10 heteroatoms. The van der Waals surface area contributed by atoms with E-state index in [-0.39, 0.29) is 30.0 Å². The Kier molecular flexibility index (Phi) is 3.10. The minimum atomic E-state index is -4.76. The second-order valence-corrected chi connectivity index (χ2v) is 3.64. The fourth-order valence-electron chi connectivity index (χ4n) is 1.53. The van der Waals surface area contributed by atoms with Crippen LogP contribution in [0.4, 0.5) is 13.2 Å². The summed E-state index contributed by atoms with van der Waals surface area (Å²) in [6.45, 7) is -0.256. The third-order valence-corrected chi connectivity index (χ3v) is 2.31. The Bertz CT molecular complexity index is 635. The number of nitrogens with zero attached hydrogens (tertiary/aromatic N) is 4. The molecule has 7 nitrogen and oxygen atoms in total. The molecule has 4 N–H and O–H groups in total. The highest BCUT2D eigenvalue weighted by Gasteiger charge is 2.36. The molecule has 0 saturated carbocycles. The van der Waals surface area contributed by atoms with Crippen LogP contribution in [0.5, 0.6) is 0 Å². The molecule has 2 rings (SSSR count). The number of nitrogens with one attached hydrogen (secondary N) is 1. The Morgan fingerprint density at radius 1 is 1.42 bits per heavy atom. The van der Waals surface area contributed by atoms with Gasteiger partial charge in [-0.1, -0.05) is 0 Å². The average Bonchev–Trinajstić information content (AvgIpc) is 2.70. The van der Waals surface area contributed by atoms with Crippen molar-refractivity contribution in [1.29, 1.82) is 5.41 Å². The summed E-state index contributed by atoms with van der Waals surface area (Å²) in [5.74, 6) is -2.03. The van der Waals surface area contributed by atoms with Crippen molar-refractivity contribution in [2.24, 2.45) is 5.73 Å². The smallest absolute Gasteiger partial charge is 0.395 e. The number of amidine groups is 1. The molecule has 0 aromatic carbocycles. The molecule has 0 spiro atoms. The highest BCUT2D eigenvalue weighted by molar-refractivity contribution is 6.02. The predicted octanol–water partition coefficient (Wildman–Crippen LogP) is 0.121. The van der Waals surface area contributed by atoms with Crippen LogP contribution in [-0.2, 0) is 12.7 Å². The Morgan fingerprint density at radius 2 is 2.11 bits per heavy atom. The number of alkyl halides is 3. The first-order chi connectivity index (χ1) is 8.84. The standard InChI is InChI=1S/C9H9F3N6O/c10-9(11,12)8-16-4(6(13)14)5-7(17-8)18(1-2-19)3-15-5/h3,19H,1-2H2,(H3,13,14). The fraction of sp³-hybridized carbons (Fsp3) is 0.333. The fourth-order valence-corrected chi connectivity index (χ4v) is 1.53. The predicted molar refractivity (Wildman–Crippen MR) is 58.4 cm³/mol. The van der Waals surface area contributed by atoms with E-state index in [4.69, 9.17) is 16.2 Å². The van der Waals surface area contributed by atoms with Crippen molar-refractivity contribution in [3.63, 3.8) is 0 Å². The number of hydrogen-bond acceptors (Lipinski definition) is 5. The van der Waals surface area contributed by atoms with Crippen molar-refractivity contribution >= 4 is 17.0 Å². The van der Waals surface area contributed by atoms with E-state index >= 15 is 0 Å². The number of halogens is 3. The summed E-state index contributed by atoms with van der Waals surface area (Å²) in [5.41, 5.74) is 4.69. The van der Waals surface area contributed by atoms with Gasteiger partial charge in [-0.3, -0.25) is 5.41 Å². The number of fused-ring (bicyclic) bond motifs is 1. The maximum atomic E-state index is 12.7. The quantitative estimate of drug-likeness (QED) is 0.543. The van der Waals surface area contributed by atoms with Gasteiger partial charge in [-0.2, -0.15) is 13.2 Å². The zero-order valence-corrected chi connectivity index (χ0v) is 9.44. The molecule has 0 aliphatic carbocycles. The van der Waals surface area contributed by atoms with Gasteiger partial charge in [0.1, 0.15) is 17.0 Å². The molecular formula is C9H9F3N6O. The molecule has 2 heterocycles. The summed E-state index contributed by atoms with van der Waals surface area (Å²) in [5, 5.41) is 16.1. The number of aromatic nitrogens is 4. The van der Waals surface area contributed by atoms with Crippen LogP contribution < -0.4 is 5.73 Å². The van der Waals surface area contributed by atoms with E-state index in [1.807, 2.05) is 0 Å². The van der Waals surface area contributed by atoms with E-state index in [0.717, 1.165) is 0 Å². The lowest BCUT2D eigenvalue weighted by Gasteiger charge is -2.08. The molecule has 0 unspecified atom stereocenters. The maximum absolute atomic E-state index is 12.7. The average molecular weight is 274 g/mol. The zero-order chi connectivity index (χ0) is 14.2. The van der Waals surface area contributed by atoms with E-state index < -0.39 is 17.8 Å². The number of nitrogens with two attached hydrogens (primary N) is 1. The zero-order valence-electron chi connectivity index (χ0n) is 9.44. The monoisotopic (exact) mass is 274 g/mol. The molecule has 2 aromatic heterocycles. The molecule has 0 fully saturated rings. The Labute approximate surface area is 104 Å². The molecular weight excluding hydrogens is 265 g/mol. The number of rotatable bonds is 3.